The summed E-state index contributed by atoms with van der Waals surface area (Å²) < 4.78 is 0. The Kier molecular flexibility index (Phi) is 2.72. The molecule has 64 valence electrons. The van der Waals surface area contributed by atoms with Crippen molar-refractivity contribution >= 4 is 0 Å². The van der Waals surface area contributed by atoms with Gasteiger partial charge < -0.3 is 5.11 Å². The van der Waals surface area contributed by atoms with Crippen molar-refractivity contribution in [2.75, 3.05) is 0 Å². The lowest BCUT2D eigenvalue weighted by Crippen LogP contribution is -2.12. The van der Waals surface area contributed by atoms with E-state index >= 15 is 0 Å². The summed E-state index contributed by atoms with van der Waals surface area (Å²) in [7, 11) is 0. The number of hydrogen-bond acceptors (Lipinski definition) is 1. The maximum Gasteiger partial charge on any atom is 0.0545 e. The van der Waals surface area contributed by atoms with E-state index in [9.17, 15) is 5.11 Å². The Morgan fingerprint density at radius 2 is 2.45 bits per heavy atom. The molecule has 0 radical (unpaired) electrons. The van der Waals surface area contributed by atoms with Gasteiger partial charge in [-0.05, 0) is 37.5 Å². The second kappa shape index (κ2) is 3.40. The van der Waals surface area contributed by atoms with Crippen LogP contribution in [0.2, 0.25) is 0 Å². The molecule has 0 saturated heterocycles. The topological polar surface area (TPSA) is 20.2 Å². The second-order valence-corrected chi connectivity index (χ2v) is 4.03. The fourth-order valence-electron chi connectivity index (χ4n) is 1.97. The maximum atomic E-state index is 9.34. The minimum atomic E-state index is -0.0372. The Balaban J connectivity index is 2.35. The maximum absolute atomic E-state index is 9.34. The van der Waals surface area contributed by atoms with Gasteiger partial charge in [-0.1, -0.05) is 13.0 Å². The van der Waals surface area contributed by atoms with Crippen molar-refractivity contribution in [1.29, 1.82) is 0 Å². The van der Waals surface area contributed by atoms with Crippen LogP contribution in [0.1, 0.15) is 39.0 Å². The summed E-state index contributed by atoms with van der Waals surface area (Å²) in [5.41, 5.74) is 0.396. The molecule has 1 heteroatoms. The number of hydrogen-bond donors (Lipinski definition) is 1. The van der Waals surface area contributed by atoms with Gasteiger partial charge in [-0.15, -0.1) is 6.58 Å². The molecule has 11 heavy (non-hydrogen) atoms. The predicted molar refractivity (Wildman–Crippen MR) is 47.4 cm³/mol. The van der Waals surface area contributed by atoms with E-state index in [4.69, 9.17) is 0 Å². The summed E-state index contributed by atoms with van der Waals surface area (Å²) in [6, 6.07) is 0. The number of allylic oxidation sites excluding steroid dienone is 1. The molecule has 1 aliphatic carbocycles. The summed E-state index contributed by atoms with van der Waals surface area (Å²) >= 11 is 0. The summed E-state index contributed by atoms with van der Waals surface area (Å²) in [6.07, 6.45) is 7.37. The first kappa shape index (κ1) is 8.79. The van der Waals surface area contributed by atoms with Gasteiger partial charge in [0.15, 0.2) is 0 Å². The van der Waals surface area contributed by atoms with Gasteiger partial charge in [0.05, 0.1) is 6.10 Å². The van der Waals surface area contributed by atoms with E-state index in [1.165, 1.54) is 12.8 Å². The van der Waals surface area contributed by atoms with Gasteiger partial charge in [0.1, 0.15) is 0 Å². The third-order valence-corrected chi connectivity index (χ3v) is 2.76. The molecule has 0 spiro atoms. The van der Waals surface area contributed by atoms with E-state index in [0.717, 1.165) is 19.3 Å². The Morgan fingerprint density at radius 1 is 1.73 bits per heavy atom. The van der Waals surface area contributed by atoms with Crippen LogP contribution in [0.15, 0.2) is 12.7 Å². The fourth-order valence-corrected chi connectivity index (χ4v) is 1.97. The number of aliphatic hydroxyl groups excluding tert-OH is 1. The lowest BCUT2D eigenvalue weighted by molar-refractivity contribution is 0.161. The quantitative estimate of drug-likeness (QED) is 0.619. The zero-order valence-corrected chi connectivity index (χ0v) is 7.34. The second-order valence-electron chi connectivity index (χ2n) is 4.03. The molecular formula is C10H18O. The molecule has 0 heterocycles. The molecule has 2 unspecified atom stereocenters. The van der Waals surface area contributed by atoms with Crippen LogP contribution in [-0.2, 0) is 0 Å². The molecule has 0 aromatic rings. The van der Waals surface area contributed by atoms with Crippen LogP contribution in [0.5, 0.6) is 0 Å². The third-order valence-electron chi connectivity index (χ3n) is 2.76. The summed E-state index contributed by atoms with van der Waals surface area (Å²) in [4.78, 5) is 0. The molecule has 0 aromatic heterocycles. The zero-order valence-electron chi connectivity index (χ0n) is 7.34. The normalized spacial score (nSPS) is 37.5. The molecule has 0 aliphatic heterocycles. The van der Waals surface area contributed by atoms with Crippen LogP contribution in [-0.4, -0.2) is 11.2 Å². The molecule has 0 amide bonds. The minimum Gasteiger partial charge on any atom is -0.393 e. The SMILES string of the molecule is C=CCCC1(C)CCC(O)C1. The van der Waals surface area contributed by atoms with Crippen molar-refractivity contribution in [2.45, 2.75) is 45.1 Å². The average molecular weight is 154 g/mol. The van der Waals surface area contributed by atoms with Crippen molar-refractivity contribution in [2.24, 2.45) is 5.41 Å². The molecule has 1 fully saturated rings. The fraction of sp³-hybridized carbons (Fsp3) is 0.800. The lowest BCUT2D eigenvalue weighted by atomic mass is 9.84. The van der Waals surface area contributed by atoms with Gasteiger partial charge >= 0.3 is 0 Å². The zero-order chi connectivity index (χ0) is 8.32. The molecular weight excluding hydrogens is 136 g/mol. The van der Waals surface area contributed by atoms with E-state index in [1.807, 2.05) is 6.08 Å². The highest BCUT2D eigenvalue weighted by Crippen LogP contribution is 2.41. The summed E-state index contributed by atoms with van der Waals surface area (Å²) in [5, 5.41) is 9.34. The lowest BCUT2D eigenvalue weighted by Gasteiger charge is -2.22. The smallest absolute Gasteiger partial charge is 0.0545 e. The van der Waals surface area contributed by atoms with Crippen molar-refractivity contribution in [3.8, 4) is 0 Å². The van der Waals surface area contributed by atoms with Crippen molar-refractivity contribution in [3.05, 3.63) is 12.7 Å². The predicted octanol–water partition coefficient (Wildman–Crippen LogP) is 2.50. The van der Waals surface area contributed by atoms with Gasteiger partial charge in [-0.25, -0.2) is 0 Å². The van der Waals surface area contributed by atoms with Crippen LogP contribution >= 0.6 is 0 Å². The van der Waals surface area contributed by atoms with Crippen LogP contribution in [0.4, 0.5) is 0 Å². The Hall–Kier alpha value is -0.300. The van der Waals surface area contributed by atoms with Gasteiger partial charge in [0.25, 0.3) is 0 Å². The first-order valence-electron chi connectivity index (χ1n) is 4.45. The van der Waals surface area contributed by atoms with Gasteiger partial charge in [0.2, 0.25) is 0 Å². The average Bonchev–Trinajstić information content (AvgIpc) is 2.28. The first-order chi connectivity index (χ1) is 5.16. The Labute approximate surface area is 69.1 Å². The van der Waals surface area contributed by atoms with Crippen LogP contribution in [0.3, 0.4) is 0 Å². The first-order valence-corrected chi connectivity index (χ1v) is 4.45. The van der Waals surface area contributed by atoms with Crippen molar-refractivity contribution < 1.29 is 5.11 Å². The highest BCUT2D eigenvalue weighted by Gasteiger charge is 2.32. The van der Waals surface area contributed by atoms with Crippen LogP contribution < -0.4 is 0 Å². The summed E-state index contributed by atoms with van der Waals surface area (Å²) in [6.45, 7) is 5.98. The molecule has 2 atom stereocenters. The van der Waals surface area contributed by atoms with E-state index in [2.05, 4.69) is 13.5 Å². The van der Waals surface area contributed by atoms with E-state index < -0.39 is 0 Å². The van der Waals surface area contributed by atoms with Crippen molar-refractivity contribution in [3.63, 3.8) is 0 Å². The van der Waals surface area contributed by atoms with Crippen LogP contribution in [0, 0.1) is 5.41 Å². The van der Waals surface area contributed by atoms with E-state index in [1.54, 1.807) is 0 Å². The highest BCUT2D eigenvalue weighted by molar-refractivity contribution is 4.87. The highest BCUT2D eigenvalue weighted by atomic mass is 16.3. The standard InChI is InChI=1S/C10H18O/c1-3-4-6-10(2)7-5-9(11)8-10/h3,9,11H,1,4-8H2,2H3. The molecule has 1 saturated carbocycles. The third kappa shape index (κ3) is 2.33. The molecule has 1 N–H and O–H groups in total. The molecule has 1 aliphatic rings. The Morgan fingerprint density at radius 3 is 2.91 bits per heavy atom. The molecule has 1 nitrogen and oxygen atoms in total. The largest absolute Gasteiger partial charge is 0.393 e. The molecule has 0 bridgehead atoms. The minimum absolute atomic E-state index is 0.0372. The Bertz CT molecular complexity index is 142. The monoisotopic (exact) mass is 154 g/mol. The number of rotatable bonds is 3. The van der Waals surface area contributed by atoms with Gasteiger partial charge in [-0.2, -0.15) is 0 Å². The van der Waals surface area contributed by atoms with Crippen molar-refractivity contribution in [1.82, 2.24) is 0 Å². The number of aliphatic hydroxyl groups is 1. The van der Waals surface area contributed by atoms with Crippen LogP contribution in [0.25, 0.3) is 0 Å². The van der Waals surface area contributed by atoms with E-state index in [-0.39, 0.29) is 6.10 Å². The molecule has 0 aromatic carbocycles. The van der Waals surface area contributed by atoms with E-state index in [0.29, 0.717) is 5.41 Å². The van der Waals surface area contributed by atoms with Gasteiger partial charge in [0, 0.05) is 0 Å². The van der Waals surface area contributed by atoms with Gasteiger partial charge in [-0.3, -0.25) is 0 Å². The summed E-state index contributed by atoms with van der Waals surface area (Å²) in [5.74, 6) is 0. The molecule has 1 rings (SSSR count).